The van der Waals surface area contributed by atoms with Crippen molar-refractivity contribution in [2.45, 2.75) is 12.8 Å². The van der Waals surface area contributed by atoms with Crippen LogP contribution in [0.3, 0.4) is 0 Å². The number of ketones is 2. The van der Waals surface area contributed by atoms with Gasteiger partial charge in [0.1, 0.15) is 5.75 Å². The van der Waals surface area contributed by atoms with E-state index in [9.17, 15) is 9.59 Å². The van der Waals surface area contributed by atoms with E-state index in [-0.39, 0.29) is 27.2 Å². The Kier molecular flexibility index (Phi) is 6.94. The third-order valence-electron chi connectivity index (χ3n) is 2.18. The second-order valence-corrected chi connectivity index (χ2v) is 5.22. The molecule has 1 rings (SSSR count). The van der Waals surface area contributed by atoms with Gasteiger partial charge in [-0.1, -0.05) is 34.8 Å². The van der Waals surface area contributed by atoms with E-state index in [2.05, 4.69) is 0 Å². The summed E-state index contributed by atoms with van der Waals surface area (Å²) in [6.45, 7) is -0.390. The molecule has 0 fully saturated rings. The van der Waals surface area contributed by atoms with Crippen LogP contribution in [0.25, 0.3) is 0 Å². The largest absolute Gasteiger partial charge is 0.484 e. The van der Waals surface area contributed by atoms with Gasteiger partial charge in [0.05, 0.1) is 15.1 Å². The van der Waals surface area contributed by atoms with Gasteiger partial charge in [-0.05, 0) is 12.5 Å². The highest BCUT2D eigenvalue weighted by Gasteiger charge is 2.15. The van der Waals surface area contributed by atoms with Crippen molar-refractivity contribution < 1.29 is 14.3 Å². The maximum atomic E-state index is 11.5. The van der Waals surface area contributed by atoms with Crippen LogP contribution in [0.1, 0.15) is 12.8 Å². The lowest BCUT2D eigenvalue weighted by Gasteiger charge is -2.08. The smallest absolute Gasteiger partial charge is 0.235 e. The lowest BCUT2D eigenvalue weighted by atomic mass is 10.2. The van der Waals surface area contributed by atoms with Crippen molar-refractivity contribution in [3.05, 3.63) is 27.2 Å². The molecule has 0 spiro atoms. The van der Waals surface area contributed by atoms with Gasteiger partial charge in [-0.2, -0.15) is 0 Å². The average molecular weight is 344 g/mol. The predicted octanol–water partition coefficient (Wildman–Crippen LogP) is 4.18. The standard InChI is InChI=1S/C12H10Cl4O3/c13-3-1-2-10(17)11(18)6-19-12-5-8(15)7(14)4-9(12)16/h4-5H,1-3,6H2. The molecular weight excluding hydrogens is 334 g/mol. The van der Waals surface area contributed by atoms with Gasteiger partial charge in [-0.25, -0.2) is 0 Å². The molecule has 1 aromatic rings. The van der Waals surface area contributed by atoms with Crippen LogP contribution in [-0.2, 0) is 9.59 Å². The number of rotatable bonds is 7. The van der Waals surface area contributed by atoms with Crippen LogP contribution >= 0.6 is 46.4 Å². The Morgan fingerprint density at radius 3 is 2.26 bits per heavy atom. The summed E-state index contributed by atoms with van der Waals surface area (Å²) in [6, 6.07) is 2.79. The van der Waals surface area contributed by atoms with Crippen molar-refractivity contribution in [2.24, 2.45) is 0 Å². The molecule has 19 heavy (non-hydrogen) atoms. The molecule has 3 nitrogen and oxygen atoms in total. The first-order valence-corrected chi connectivity index (χ1v) is 7.02. The van der Waals surface area contributed by atoms with Gasteiger partial charge in [0.2, 0.25) is 11.6 Å². The molecule has 0 aromatic heterocycles. The SMILES string of the molecule is O=C(CCCCl)C(=O)COc1cc(Cl)c(Cl)cc1Cl. The Morgan fingerprint density at radius 1 is 1.00 bits per heavy atom. The molecule has 0 atom stereocenters. The second kappa shape index (κ2) is 7.95. The van der Waals surface area contributed by atoms with Crippen LogP contribution in [0, 0.1) is 0 Å². The molecule has 0 amide bonds. The predicted molar refractivity (Wildman–Crippen MR) is 76.9 cm³/mol. The molecule has 0 aliphatic carbocycles. The first-order valence-electron chi connectivity index (χ1n) is 5.35. The first kappa shape index (κ1) is 16.6. The van der Waals surface area contributed by atoms with Crippen molar-refractivity contribution in [1.29, 1.82) is 0 Å². The number of halogens is 4. The van der Waals surface area contributed by atoms with E-state index in [0.717, 1.165) is 0 Å². The Bertz CT molecular complexity index is 488. The highest BCUT2D eigenvalue weighted by atomic mass is 35.5. The summed E-state index contributed by atoms with van der Waals surface area (Å²) in [5.74, 6) is -0.614. The van der Waals surface area contributed by atoms with Crippen LogP contribution in [0.2, 0.25) is 15.1 Å². The normalized spacial score (nSPS) is 10.3. The molecule has 7 heteroatoms. The van der Waals surface area contributed by atoms with Gasteiger partial charge < -0.3 is 4.74 Å². The van der Waals surface area contributed by atoms with E-state index in [1.54, 1.807) is 0 Å². The van der Waals surface area contributed by atoms with Gasteiger partial charge in [-0.15, -0.1) is 11.6 Å². The van der Waals surface area contributed by atoms with E-state index in [1.165, 1.54) is 12.1 Å². The lowest BCUT2D eigenvalue weighted by molar-refractivity contribution is -0.137. The number of hydrogen-bond acceptors (Lipinski definition) is 3. The Labute approximate surface area is 130 Å². The summed E-state index contributed by atoms with van der Waals surface area (Å²) in [5.41, 5.74) is 0. The zero-order valence-corrected chi connectivity index (χ0v) is 12.7. The van der Waals surface area contributed by atoms with Crippen LogP contribution < -0.4 is 4.74 Å². The molecule has 0 radical (unpaired) electrons. The molecular formula is C12H10Cl4O3. The fraction of sp³-hybridized carbons (Fsp3) is 0.333. The van der Waals surface area contributed by atoms with Gasteiger partial charge in [0, 0.05) is 18.4 Å². The zero-order chi connectivity index (χ0) is 14.4. The molecule has 0 saturated carbocycles. The summed E-state index contributed by atoms with van der Waals surface area (Å²) in [7, 11) is 0. The average Bonchev–Trinajstić information content (AvgIpc) is 2.38. The summed E-state index contributed by atoms with van der Waals surface area (Å²) in [4.78, 5) is 22.8. The van der Waals surface area contributed by atoms with Crippen molar-refractivity contribution in [3.8, 4) is 5.75 Å². The minimum atomic E-state index is -0.632. The van der Waals surface area contributed by atoms with E-state index in [4.69, 9.17) is 51.1 Å². The summed E-state index contributed by atoms with van der Waals surface area (Å²) < 4.78 is 5.16. The number of carbonyl (C=O) groups is 2. The molecule has 0 aliphatic rings. The van der Waals surface area contributed by atoms with Gasteiger partial charge in [0.25, 0.3) is 0 Å². The van der Waals surface area contributed by atoms with E-state index < -0.39 is 18.2 Å². The van der Waals surface area contributed by atoms with E-state index >= 15 is 0 Å². The zero-order valence-electron chi connectivity index (χ0n) is 9.72. The molecule has 0 bridgehead atoms. The number of ether oxygens (including phenoxy) is 1. The van der Waals surface area contributed by atoms with Crippen LogP contribution in [0.15, 0.2) is 12.1 Å². The summed E-state index contributed by atoms with van der Waals surface area (Å²) >= 11 is 22.8. The maximum absolute atomic E-state index is 11.5. The molecule has 104 valence electrons. The fourth-order valence-electron chi connectivity index (χ4n) is 1.21. The van der Waals surface area contributed by atoms with Gasteiger partial charge in [0.15, 0.2) is 6.61 Å². The lowest BCUT2D eigenvalue weighted by Crippen LogP contribution is -2.21. The third kappa shape index (κ3) is 5.19. The number of alkyl halides is 1. The number of carbonyl (C=O) groups excluding carboxylic acids is 2. The summed E-state index contributed by atoms with van der Waals surface area (Å²) in [6.07, 6.45) is 0.570. The number of hydrogen-bond donors (Lipinski definition) is 0. The van der Waals surface area contributed by atoms with E-state index in [1.807, 2.05) is 0 Å². The van der Waals surface area contributed by atoms with Crippen molar-refractivity contribution in [2.75, 3.05) is 12.5 Å². The second-order valence-electron chi connectivity index (χ2n) is 3.62. The van der Waals surface area contributed by atoms with E-state index in [0.29, 0.717) is 12.3 Å². The molecule has 0 unspecified atom stereocenters. The van der Waals surface area contributed by atoms with Gasteiger partial charge in [-0.3, -0.25) is 9.59 Å². The molecule has 0 saturated heterocycles. The minimum absolute atomic E-state index is 0.112. The number of benzene rings is 1. The molecule has 0 aliphatic heterocycles. The third-order valence-corrected chi connectivity index (χ3v) is 3.47. The Morgan fingerprint density at radius 2 is 1.63 bits per heavy atom. The molecule has 0 N–H and O–H groups in total. The molecule has 1 aromatic carbocycles. The highest BCUT2D eigenvalue weighted by molar-refractivity contribution is 6.43. The van der Waals surface area contributed by atoms with Gasteiger partial charge >= 0.3 is 0 Å². The number of Topliss-reactive ketones (excluding diaryl/α,β-unsaturated/α-hetero) is 2. The molecule has 0 heterocycles. The Balaban J connectivity index is 2.60. The topological polar surface area (TPSA) is 43.4 Å². The quantitative estimate of drug-likeness (QED) is 0.423. The van der Waals surface area contributed by atoms with Crippen LogP contribution in [0.5, 0.6) is 5.75 Å². The highest BCUT2D eigenvalue weighted by Crippen LogP contribution is 2.33. The van der Waals surface area contributed by atoms with Crippen molar-refractivity contribution in [3.63, 3.8) is 0 Å². The fourth-order valence-corrected chi connectivity index (χ4v) is 1.93. The Hall–Kier alpha value is -0.480. The van der Waals surface area contributed by atoms with Crippen molar-refractivity contribution >= 4 is 58.0 Å². The first-order chi connectivity index (χ1) is 8.95. The minimum Gasteiger partial charge on any atom is -0.484 e. The summed E-state index contributed by atoms with van der Waals surface area (Å²) in [5, 5.41) is 0.751. The van der Waals surface area contributed by atoms with Crippen LogP contribution in [0.4, 0.5) is 0 Å². The van der Waals surface area contributed by atoms with Crippen molar-refractivity contribution in [1.82, 2.24) is 0 Å². The van der Waals surface area contributed by atoms with Crippen LogP contribution in [-0.4, -0.2) is 24.1 Å². The maximum Gasteiger partial charge on any atom is 0.235 e. The monoisotopic (exact) mass is 342 g/mol.